The molecule has 0 fully saturated rings. The van der Waals surface area contributed by atoms with E-state index in [4.69, 9.17) is 9.84 Å². The first-order valence-corrected chi connectivity index (χ1v) is 8.19. The molecule has 1 aromatic carbocycles. The van der Waals surface area contributed by atoms with Crippen LogP contribution in [0, 0.1) is 0 Å². The highest BCUT2D eigenvalue weighted by molar-refractivity contribution is 9.10. The van der Waals surface area contributed by atoms with Gasteiger partial charge >= 0.3 is 5.97 Å². The highest BCUT2D eigenvalue weighted by Gasteiger charge is 2.19. The van der Waals surface area contributed by atoms with Crippen LogP contribution in [0.1, 0.15) is 19.3 Å². The van der Waals surface area contributed by atoms with E-state index in [0.717, 1.165) is 0 Å². The molecule has 1 rings (SSSR count). The highest BCUT2D eigenvalue weighted by Crippen LogP contribution is 2.26. The van der Waals surface area contributed by atoms with Crippen molar-refractivity contribution in [2.75, 3.05) is 13.7 Å². The first-order valence-electron chi connectivity index (χ1n) is 5.92. The van der Waals surface area contributed by atoms with Gasteiger partial charge in [0.2, 0.25) is 10.0 Å². The van der Waals surface area contributed by atoms with Crippen LogP contribution in [0.25, 0.3) is 0 Å². The molecule has 0 amide bonds. The van der Waals surface area contributed by atoms with Gasteiger partial charge in [0, 0.05) is 17.4 Å². The van der Waals surface area contributed by atoms with Crippen molar-refractivity contribution in [2.45, 2.75) is 24.2 Å². The molecule has 1 aromatic rings. The molecule has 0 atom stereocenters. The summed E-state index contributed by atoms with van der Waals surface area (Å²) in [5.74, 6) is -0.632. The third kappa shape index (κ3) is 5.10. The molecular weight excluding hydrogens is 350 g/mol. The van der Waals surface area contributed by atoms with Crippen molar-refractivity contribution in [3.63, 3.8) is 0 Å². The summed E-state index contributed by atoms with van der Waals surface area (Å²) >= 11 is 3.21. The summed E-state index contributed by atoms with van der Waals surface area (Å²) in [5, 5.41) is 8.49. The minimum Gasteiger partial charge on any atom is -0.495 e. The predicted octanol–water partition coefficient (Wildman–Crippen LogP) is 1.99. The molecule has 0 saturated heterocycles. The molecule has 0 aliphatic carbocycles. The number of hydrogen-bond donors (Lipinski definition) is 2. The van der Waals surface area contributed by atoms with E-state index in [1.807, 2.05) is 0 Å². The smallest absolute Gasteiger partial charge is 0.303 e. The van der Waals surface area contributed by atoms with Gasteiger partial charge < -0.3 is 9.84 Å². The minimum atomic E-state index is -3.68. The lowest BCUT2D eigenvalue weighted by atomic mass is 10.2. The predicted molar refractivity (Wildman–Crippen MR) is 77.4 cm³/mol. The molecule has 0 heterocycles. The zero-order valence-electron chi connectivity index (χ0n) is 10.9. The van der Waals surface area contributed by atoms with Crippen LogP contribution in [0.5, 0.6) is 5.75 Å². The Bertz CT molecular complexity index is 573. The minimum absolute atomic E-state index is 0.0297. The van der Waals surface area contributed by atoms with E-state index in [2.05, 4.69) is 20.7 Å². The molecule has 0 aliphatic heterocycles. The summed E-state index contributed by atoms with van der Waals surface area (Å²) in [6.07, 6.45) is 0.914. The second-order valence-corrected chi connectivity index (χ2v) is 6.69. The number of methoxy groups -OCH3 is 1. The van der Waals surface area contributed by atoms with E-state index in [9.17, 15) is 13.2 Å². The maximum atomic E-state index is 12.1. The van der Waals surface area contributed by atoms with Crippen LogP contribution in [-0.4, -0.2) is 33.1 Å². The van der Waals surface area contributed by atoms with Crippen molar-refractivity contribution < 1.29 is 23.1 Å². The highest BCUT2D eigenvalue weighted by atomic mass is 79.9. The van der Waals surface area contributed by atoms with Crippen LogP contribution in [0.3, 0.4) is 0 Å². The zero-order valence-corrected chi connectivity index (χ0v) is 13.3. The number of nitrogens with one attached hydrogen (secondary N) is 1. The number of rotatable bonds is 8. The summed E-state index contributed by atoms with van der Waals surface area (Å²) in [7, 11) is -2.28. The van der Waals surface area contributed by atoms with Crippen molar-refractivity contribution in [2.24, 2.45) is 0 Å². The fraction of sp³-hybridized carbons (Fsp3) is 0.417. The summed E-state index contributed by atoms with van der Waals surface area (Å²) in [5.41, 5.74) is 0. The van der Waals surface area contributed by atoms with Gasteiger partial charge in [0.1, 0.15) is 10.6 Å². The van der Waals surface area contributed by atoms with Gasteiger partial charge in [-0.1, -0.05) is 15.9 Å². The molecule has 0 spiro atoms. The van der Waals surface area contributed by atoms with E-state index in [0.29, 0.717) is 17.3 Å². The van der Waals surface area contributed by atoms with Gasteiger partial charge in [-0.3, -0.25) is 4.79 Å². The maximum Gasteiger partial charge on any atom is 0.303 e. The third-order valence-electron chi connectivity index (χ3n) is 2.52. The Balaban J connectivity index is 2.69. The normalized spacial score (nSPS) is 11.3. The number of sulfonamides is 1. The maximum absolute atomic E-state index is 12.1. The number of carboxylic acid groups (broad SMARTS) is 1. The number of carboxylic acids is 1. The van der Waals surface area contributed by atoms with Gasteiger partial charge in [0.25, 0.3) is 0 Å². The van der Waals surface area contributed by atoms with Crippen molar-refractivity contribution in [3.05, 3.63) is 22.7 Å². The molecule has 20 heavy (non-hydrogen) atoms. The largest absolute Gasteiger partial charge is 0.495 e. The molecule has 0 saturated carbocycles. The van der Waals surface area contributed by atoms with Gasteiger partial charge in [0.15, 0.2) is 0 Å². The molecule has 0 unspecified atom stereocenters. The number of hydrogen-bond acceptors (Lipinski definition) is 4. The molecule has 0 aromatic heterocycles. The Kier molecular flexibility index (Phi) is 6.44. The monoisotopic (exact) mass is 365 g/mol. The number of aliphatic carboxylic acids is 1. The summed E-state index contributed by atoms with van der Waals surface area (Å²) < 4.78 is 32.4. The van der Waals surface area contributed by atoms with Gasteiger partial charge in [-0.25, -0.2) is 13.1 Å². The van der Waals surface area contributed by atoms with E-state index in [1.165, 1.54) is 13.2 Å². The number of unbranched alkanes of at least 4 members (excludes halogenated alkanes) is 1. The number of carbonyl (C=O) groups is 1. The fourth-order valence-corrected chi connectivity index (χ4v) is 3.33. The summed E-state index contributed by atoms with van der Waals surface area (Å²) in [4.78, 5) is 10.4. The molecule has 2 N–H and O–H groups in total. The quantitative estimate of drug-likeness (QED) is 0.687. The number of ether oxygens (including phenoxy) is 1. The van der Waals surface area contributed by atoms with Crippen molar-refractivity contribution in [1.29, 1.82) is 0 Å². The van der Waals surface area contributed by atoms with E-state index in [-0.39, 0.29) is 23.6 Å². The molecule has 0 radical (unpaired) electrons. The Labute approximate surface area is 126 Å². The lowest BCUT2D eigenvalue weighted by Crippen LogP contribution is -2.25. The van der Waals surface area contributed by atoms with Crippen molar-refractivity contribution in [3.8, 4) is 5.75 Å². The molecule has 0 bridgehead atoms. The van der Waals surface area contributed by atoms with Gasteiger partial charge in [-0.15, -0.1) is 0 Å². The van der Waals surface area contributed by atoms with E-state index >= 15 is 0 Å². The van der Waals surface area contributed by atoms with Crippen LogP contribution < -0.4 is 9.46 Å². The number of benzene rings is 1. The molecule has 6 nitrogen and oxygen atoms in total. The van der Waals surface area contributed by atoms with Gasteiger partial charge in [-0.05, 0) is 31.0 Å². The second kappa shape index (κ2) is 7.61. The van der Waals surface area contributed by atoms with Crippen LogP contribution >= 0.6 is 15.9 Å². The van der Waals surface area contributed by atoms with Crippen LogP contribution in [0.15, 0.2) is 27.6 Å². The summed E-state index contributed by atoms with van der Waals surface area (Å²) in [6.45, 7) is 0.186. The third-order valence-corrected chi connectivity index (χ3v) is 4.50. The van der Waals surface area contributed by atoms with Crippen LogP contribution in [0.4, 0.5) is 0 Å². The Morgan fingerprint density at radius 1 is 1.40 bits per heavy atom. The van der Waals surface area contributed by atoms with Crippen LogP contribution in [-0.2, 0) is 14.8 Å². The molecule has 8 heteroatoms. The second-order valence-electron chi connectivity index (χ2n) is 4.04. The SMILES string of the molecule is COc1ccc(Br)cc1S(=O)(=O)NCCCCC(=O)O. The van der Waals surface area contributed by atoms with Crippen LogP contribution in [0.2, 0.25) is 0 Å². The standard InChI is InChI=1S/C12H16BrNO5S/c1-19-10-6-5-9(13)8-11(10)20(17,18)14-7-3-2-4-12(15)16/h5-6,8,14H,2-4,7H2,1H3,(H,15,16). The summed E-state index contributed by atoms with van der Waals surface area (Å²) in [6, 6.07) is 4.70. The number of halogens is 1. The first kappa shape index (κ1) is 16.9. The molecular formula is C12H16BrNO5S. The molecule has 112 valence electrons. The fourth-order valence-electron chi connectivity index (χ4n) is 1.55. The Morgan fingerprint density at radius 2 is 2.10 bits per heavy atom. The zero-order chi connectivity index (χ0) is 15.2. The van der Waals surface area contributed by atoms with Gasteiger partial charge in [-0.2, -0.15) is 0 Å². The lowest BCUT2D eigenvalue weighted by Gasteiger charge is -2.11. The average Bonchev–Trinajstić information content (AvgIpc) is 2.37. The van der Waals surface area contributed by atoms with E-state index in [1.54, 1.807) is 12.1 Å². The Morgan fingerprint density at radius 3 is 2.70 bits per heavy atom. The average molecular weight is 366 g/mol. The lowest BCUT2D eigenvalue weighted by molar-refractivity contribution is -0.137. The van der Waals surface area contributed by atoms with Crippen molar-refractivity contribution in [1.82, 2.24) is 4.72 Å². The molecule has 0 aliphatic rings. The van der Waals surface area contributed by atoms with Gasteiger partial charge in [0.05, 0.1) is 7.11 Å². The topological polar surface area (TPSA) is 92.7 Å². The van der Waals surface area contributed by atoms with E-state index < -0.39 is 16.0 Å². The first-order chi connectivity index (χ1) is 9.36. The van der Waals surface area contributed by atoms with Crippen molar-refractivity contribution >= 4 is 31.9 Å². The Hall–Kier alpha value is -1.12.